The Balaban J connectivity index is 1.75. The van der Waals surface area contributed by atoms with Gasteiger partial charge >= 0.3 is 0 Å². The first-order valence-corrected chi connectivity index (χ1v) is 6.46. The normalized spacial score (nSPS) is 27.2. The topological polar surface area (TPSA) is 85.1 Å². The van der Waals surface area contributed by atoms with Crippen molar-refractivity contribution in [1.82, 2.24) is 9.97 Å². The average Bonchev–Trinajstić information content (AvgIpc) is 3.13. The van der Waals surface area contributed by atoms with E-state index in [1.165, 1.54) is 19.2 Å². The molecule has 0 aromatic carbocycles. The lowest BCUT2D eigenvalue weighted by molar-refractivity contribution is 0.0898. The van der Waals surface area contributed by atoms with Gasteiger partial charge in [-0.2, -0.15) is 0 Å². The van der Waals surface area contributed by atoms with Gasteiger partial charge in [-0.25, -0.2) is 15.8 Å². The van der Waals surface area contributed by atoms with Gasteiger partial charge in [0, 0.05) is 12.2 Å². The molecular weight excluding hydrogens is 230 g/mol. The number of hydrazine groups is 1. The predicted octanol–water partition coefficient (Wildman–Crippen LogP) is 1.05. The number of anilines is 2. The summed E-state index contributed by atoms with van der Waals surface area (Å²) in [5.41, 5.74) is 3.53. The molecule has 0 amide bonds. The lowest BCUT2D eigenvalue weighted by atomic mass is 10.1. The first-order valence-electron chi connectivity index (χ1n) is 6.46. The number of nitrogen functional groups attached to an aromatic ring is 1. The van der Waals surface area contributed by atoms with Crippen molar-refractivity contribution in [3.63, 3.8) is 0 Å². The Bertz CT molecular complexity index is 434. The maximum atomic E-state index is 5.81. The van der Waals surface area contributed by atoms with Gasteiger partial charge in [0.15, 0.2) is 0 Å². The molecule has 1 aromatic rings. The molecule has 1 saturated carbocycles. The van der Waals surface area contributed by atoms with Crippen molar-refractivity contribution < 1.29 is 4.74 Å². The molecule has 1 saturated heterocycles. The van der Waals surface area contributed by atoms with Crippen molar-refractivity contribution in [2.75, 3.05) is 17.3 Å². The second-order valence-electron chi connectivity index (χ2n) is 5.05. The SMILES string of the molecule is Cc1c(NN)ncnc1NC1CCOC1C1CC1. The summed E-state index contributed by atoms with van der Waals surface area (Å²) < 4.78 is 5.81. The largest absolute Gasteiger partial charge is 0.376 e. The third-order valence-electron chi connectivity index (χ3n) is 3.77. The highest BCUT2D eigenvalue weighted by atomic mass is 16.5. The van der Waals surface area contributed by atoms with E-state index in [4.69, 9.17) is 10.6 Å². The summed E-state index contributed by atoms with van der Waals surface area (Å²) in [4.78, 5) is 8.37. The fourth-order valence-electron chi connectivity index (χ4n) is 2.57. The van der Waals surface area contributed by atoms with Crippen molar-refractivity contribution in [2.45, 2.75) is 38.3 Å². The molecular formula is C12H19N5O. The summed E-state index contributed by atoms with van der Waals surface area (Å²) in [7, 11) is 0. The van der Waals surface area contributed by atoms with E-state index >= 15 is 0 Å². The van der Waals surface area contributed by atoms with E-state index in [1.54, 1.807) is 0 Å². The standard InChI is InChI=1S/C12H19N5O/c1-7-11(14-6-15-12(7)17-13)16-9-4-5-18-10(9)8-2-3-8/h6,8-10H,2-5,13H2,1H3,(H2,14,15,16,17). The Morgan fingerprint density at radius 2 is 2.06 bits per heavy atom. The van der Waals surface area contributed by atoms with Crippen LogP contribution in [0, 0.1) is 12.8 Å². The van der Waals surface area contributed by atoms with Crippen molar-refractivity contribution in [3.05, 3.63) is 11.9 Å². The van der Waals surface area contributed by atoms with Crippen molar-refractivity contribution in [1.29, 1.82) is 0 Å². The molecule has 2 aliphatic rings. The molecule has 1 aliphatic heterocycles. The Morgan fingerprint density at radius 3 is 2.78 bits per heavy atom. The van der Waals surface area contributed by atoms with Crippen molar-refractivity contribution >= 4 is 11.6 Å². The second kappa shape index (κ2) is 4.70. The fraction of sp³-hybridized carbons (Fsp3) is 0.667. The summed E-state index contributed by atoms with van der Waals surface area (Å²) >= 11 is 0. The molecule has 0 spiro atoms. The van der Waals surface area contributed by atoms with Crippen LogP contribution in [0.15, 0.2) is 6.33 Å². The zero-order chi connectivity index (χ0) is 12.5. The van der Waals surface area contributed by atoms with Crippen LogP contribution in [0.25, 0.3) is 0 Å². The summed E-state index contributed by atoms with van der Waals surface area (Å²) in [6.45, 7) is 2.80. The van der Waals surface area contributed by atoms with E-state index in [0.717, 1.165) is 30.3 Å². The van der Waals surface area contributed by atoms with Crippen LogP contribution in [0.4, 0.5) is 11.6 Å². The average molecular weight is 249 g/mol. The van der Waals surface area contributed by atoms with Gasteiger partial charge in [0.1, 0.15) is 18.0 Å². The third kappa shape index (κ3) is 2.13. The van der Waals surface area contributed by atoms with Crippen LogP contribution in [-0.4, -0.2) is 28.7 Å². The quantitative estimate of drug-likeness (QED) is 0.546. The summed E-state index contributed by atoms with van der Waals surface area (Å²) in [5, 5.41) is 3.48. The smallest absolute Gasteiger partial charge is 0.148 e. The highest BCUT2D eigenvalue weighted by Gasteiger charge is 2.40. The van der Waals surface area contributed by atoms with Crippen LogP contribution in [0.5, 0.6) is 0 Å². The van der Waals surface area contributed by atoms with Crippen LogP contribution >= 0.6 is 0 Å². The monoisotopic (exact) mass is 249 g/mol. The predicted molar refractivity (Wildman–Crippen MR) is 69.1 cm³/mol. The van der Waals surface area contributed by atoms with Crippen LogP contribution < -0.4 is 16.6 Å². The van der Waals surface area contributed by atoms with Crippen molar-refractivity contribution in [3.8, 4) is 0 Å². The van der Waals surface area contributed by atoms with Gasteiger partial charge in [-0.15, -0.1) is 0 Å². The van der Waals surface area contributed by atoms with Gasteiger partial charge in [0.25, 0.3) is 0 Å². The minimum atomic E-state index is 0.341. The maximum Gasteiger partial charge on any atom is 0.148 e. The molecule has 2 atom stereocenters. The molecule has 3 rings (SSSR count). The number of rotatable bonds is 4. The first-order chi connectivity index (χ1) is 8.79. The molecule has 6 heteroatoms. The molecule has 2 heterocycles. The van der Waals surface area contributed by atoms with E-state index in [2.05, 4.69) is 20.7 Å². The Morgan fingerprint density at radius 1 is 1.28 bits per heavy atom. The van der Waals surface area contributed by atoms with Gasteiger partial charge in [-0.05, 0) is 32.1 Å². The Labute approximate surface area is 106 Å². The molecule has 1 aliphatic carbocycles. The minimum Gasteiger partial charge on any atom is -0.376 e. The second-order valence-corrected chi connectivity index (χ2v) is 5.05. The molecule has 0 radical (unpaired) electrons. The summed E-state index contributed by atoms with van der Waals surface area (Å²) in [5.74, 6) is 7.66. The van der Waals surface area contributed by atoms with Gasteiger partial charge < -0.3 is 15.5 Å². The molecule has 2 unspecified atom stereocenters. The lowest BCUT2D eigenvalue weighted by Gasteiger charge is -2.21. The molecule has 18 heavy (non-hydrogen) atoms. The van der Waals surface area contributed by atoms with Gasteiger partial charge in [0.05, 0.1) is 12.1 Å². The number of hydrogen-bond donors (Lipinski definition) is 3. The van der Waals surface area contributed by atoms with Gasteiger partial charge in [-0.3, -0.25) is 0 Å². The molecule has 4 N–H and O–H groups in total. The van der Waals surface area contributed by atoms with E-state index < -0.39 is 0 Å². The highest BCUT2D eigenvalue weighted by Crippen LogP contribution is 2.39. The van der Waals surface area contributed by atoms with Crippen LogP contribution in [0.1, 0.15) is 24.8 Å². The van der Waals surface area contributed by atoms with E-state index in [-0.39, 0.29) is 0 Å². The van der Waals surface area contributed by atoms with Crippen LogP contribution in [-0.2, 0) is 4.74 Å². The lowest BCUT2D eigenvalue weighted by Crippen LogP contribution is -2.31. The number of nitrogens with zero attached hydrogens (tertiary/aromatic N) is 2. The minimum absolute atomic E-state index is 0.341. The van der Waals surface area contributed by atoms with E-state index in [1.807, 2.05) is 6.92 Å². The molecule has 0 bridgehead atoms. The van der Waals surface area contributed by atoms with Gasteiger partial charge in [-0.1, -0.05) is 0 Å². The number of hydrogen-bond acceptors (Lipinski definition) is 6. The van der Waals surface area contributed by atoms with E-state index in [9.17, 15) is 0 Å². The van der Waals surface area contributed by atoms with Gasteiger partial charge in [0.2, 0.25) is 0 Å². The summed E-state index contributed by atoms with van der Waals surface area (Å²) in [6, 6.07) is 0.358. The van der Waals surface area contributed by atoms with Crippen molar-refractivity contribution in [2.24, 2.45) is 11.8 Å². The Hall–Kier alpha value is -1.40. The Kier molecular flexibility index (Phi) is 3.05. The molecule has 1 aromatic heterocycles. The highest BCUT2D eigenvalue weighted by molar-refractivity contribution is 5.56. The first kappa shape index (κ1) is 11.7. The zero-order valence-electron chi connectivity index (χ0n) is 10.5. The summed E-state index contributed by atoms with van der Waals surface area (Å²) in [6.07, 6.45) is 5.49. The third-order valence-corrected chi connectivity index (χ3v) is 3.77. The number of nitrogens with two attached hydrogens (primary N) is 1. The zero-order valence-corrected chi connectivity index (χ0v) is 10.5. The number of aromatic nitrogens is 2. The molecule has 6 nitrogen and oxygen atoms in total. The van der Waals surface area contributed by atoms with Crippen LogP contribution in [0.3, 0.4) is 0 Å². The molecule has 98 valence electrons. The maximum absolute atomic E-state index is 5.81. The van der Waals surface area contributed by atoms with E-state index in [0.29, 0.717) is 18.0 Å². The number of nitrogens with one attached hydrogen (secondary N) is 2. The number of ether oxygens (including phenoxy) is 1. The van der Waals surface area contributed by atoms with Crippen LogP contribution in [0.2, 0.25) is 0 Å². The fourth-order valence-corrected chi connectivity index (χ4v) is 2.57. The molecule has 2 fully saturated rings.